The van der Waals surface area contributed by atoms with Gasteiger partial charge in [0.25, 0.3) is 0 Å². The minimum Gasteiger partial charge on any atom is -0.362 e. The molecular weight excluding hydrogens is 163 g/mol. The number of Topliss-reactive ketones (excluding diaryl/α,β-unsaturated/α-hetero) is 1. The predicted molar refractivity (Wildman–Crippen MR) is 31.6 cm³/mol. The summed E-state index contributed by atoms with van der Waals surface area (Å²) in [6, 6.07) is 0. The molecule has 0 aliphatic rings. The van der Waals surface area contributed by atoms with Crippen molar-refractivity contribution in [1.29, 1.82) is 0 Å². The molecule has 0 aromatic heterocycles. The van der Waals surface area contributed by atoms with Crippen LogP contribution in [0.15, 0.2) is 0 Å². The van der Waals surface area contributed by atoms with Crippen LogP contribution in [0.4, 0.5) is 13.2 Å². The monoisotopic (exact) mass is 171 g/mol. The first-order valence-corrected chi connectivity index (χ1v) is 2.51. The van der Waals surface area contributed by atoms with Gasteiger partial charge in [-0.2, -0.15) is 13.2 Å². The maximum atomic E-state index is 10.7. The van der Waals surface area contributed by atoms with Crippen molar-refractivity contribution in [3.05, 3.63) is 0 Å². The highest BCUT2D eigenvalue weighted by Gasteiger charge is 2.35. The van der Waals surface area contributed by atoms with Crippen molar-refractivity contribution in [3.8, 4) is 0 Å². The van der Waals surface area contributed by atoms with E-state index in [1.54, 1.807) is 0 Å². The van der Waals surface area contributed by atoms with E-state index in [9.17, 15) is 18.0 Å². The zero-order chi connectivity index (χ0) is 9.65. The molecular formula is C5H8F3NO2. The molecule has 0 saturated heterocycles. The molecule has 0 aliphatic heterocycles. The summed E-state index contributed by atoms with van der Waals surface area (Å²) in [5.74, 6) is -2.09. The first-order valence-electron chi connectivity index (χ1n) is 2.51. The average molecular weight is 171 g/mol. The highest BCUT2D eigenvalue weighted by Crippen LogP contribution is 2.11. The number of alkyl halides is 3. The van der Waals surface area contributed by atoms with Crippen LogP contribution in [-0.4, -0.2) is 17.9 Å². The van der Waals surface area contributed by atoms with Crippen molar-refractivity contribution in [2.24, 2.45) is 5.73 Å². The van der Waals surface area contributed by atoms with E-state index in [-0.39, 0.29) is 5.78 Å². The molecule has 0 heterocycles. The van der Waals surface area contributed by atoms with E-state index < -0.39 is 12.1 Å². The Hall–Kier alpha value is -1.07. The largest absolute Gasteiger partial charge is 0.470 e. The third kappa shape index (κ3) is 17.6. The van der Waals surface area contributed by atoms with Gasteiger partial charge in [0, 0.05) is 0 Å². The normalized spacial score (nSPS) is 9.55. The first-order chi connectivity index (χ1) is 4.68. The molecule has 3 nitrogen and oxygen atoms in total. The van der Waals surface area contributed by atoms with Crippen LogP contribution >= 0.6 is 0 Å². The van der Waals surface area contributed by atoms with Crippen LogP contribution in [0.5, 0.6) is 0 Å². The zero-order valence-electron chi connectivity index (χ0n) is 6.03. The number of primary amides is 1. The summed E-state index contributed by atoms with van der Waals surface area (Å²) in [6.07, 6.45) is -4.86. The Balaban J connectivity index is 0. The van der Waals surface area contributed by atoms with Crippen molar-refractivity contribution < 1.29 is 22.8 Å². The highest BCUT2D eigenvalue weighted by atomic mass is 19.4. The summed E-state index contributed by atoms with van der Waals surface area (Å²) >= 11 is 0. The summed E-state index contributed by atoms with van der Waals surface area (Å²) in [5.41, 5.74) is 3.81. The molecule has 0 fully saturated rings. The lowest BCUT2D eigenvalue weighted by Crippen LogP contribution is -2.30. The molecule has 1 amide bonds. The van der Waals surface area contributed by atoms with E-state index in [1.807, 2.05) is 0 Å². The van der Waals surface area contributed by atoms with Gasteiger partial charge in [0.1, 0.15) is 5.78 Å². The molecule has 0 rings (SSSR count). The molecule has 0 unspecified atom stereocenters. The van der Waals surface area contributed by atoms with Crippen LogP contribution in [0.25, 0.3) is 0 Å². The van der Waals surface area contributed by atoms with Crippen LogP contribution in [0.2, 0.25) is 0 Å². The van der Waals surface area contributed by atoms with Gasteiger partial charge in [-0.3, -0.25) is 4.79 Å². The summed E-state index contributed by atoms with van der Waals surface area (Å²) < 4.78 is 32.1. The quantitative estimate of drug-likeness (QED) is 0.581. The summed E-state index contributed by atoms with van der Waals surface area (Å²) in [4.78, 5) is 18.6. The topological polar surface area (TPSA) is 60.2 Å². The SMILES string of the molecule is CC(C)=O.NC(=O)C(F)(F)F. The van der Waals surface area contributed by atoms with Crippen LogP contribution in [0, 0.1) is 0 Å². The number of carbonyl (C=O) groups excluding carboxylic acids is 2. The van der Waals surface area contributed by atoms with Gasteiger partial charge in [0.15, 0.2) is 0 Å². The molecule has 0 aliphatic carbocycles. The molecule has 6 heteroatoms. The number of hydrogen-bond donors (Lipinski definition) is 1. The second kappa shape index (κ2) is 4.70. The second-order valence-electron chi connectivity index (χ2n) is 1.77. The first kappa shape index (κ1) is 12.6. The standard InChI is InChI=1S/C3H6O.C2H2F3NO/c1-3(2)4;3-2(4,5)1(6)7/h1-2H3;(H2,6,7). The van der Waals surface area contributed by atoms with Gasteiger partial charge < -0.3 is 10.5 Å². The fraction of sp³-hybridized carbons (Fsp3) is 0.600. The minimum atomic E-state index is -4.86. The van der Waals surface area contributed by atoms with Gasteiger partial charge in [-0.05, 0) is 13.8 Å². The van der Waals surface area contributed by atoms with Crippen LogP contribution in [0.3, 0.4) is 0 Å². The van der Waals surface area contributed by atoms with Crippen molar-refractivity contribution in [3.63, 3.8) is 0 Å². The molecule has 2 N–H and O–H groups in total. The van der Waals surface area contributed by atoms with Gasteiger partial charge in [-0.15, -0.1) is 0 Å². The van der Waals surface area contributed by atoms with E-state index in [1.165, 1.54) is 13.8 Å². The Morgan fingerprint density at radius 3 is 1.27 bits per heavy atom. The Morgan fingerprint density at radius 2 is 1.27 bits per heavy atom. The Bertz CT molecular complexity index is 148. The maximum Gasteiger partial charge on any atom is 0.470 e. The molecule has 0 radical (unpaired) electrons. The smallest absolute Gasteiger partial charge is 0.362 e. The minimum absolute atomic E-state index is 0.167. The van der Waals surface area contributed by atoms with Crippen molar-refractivity contribution in [1.82, 2.24) is 0 Å². The Morgan fingerprint density at radius 1 is 1.18 bits per heavy atom. The third-order valence-corrected chi connectivity index (χ3v) is 0.279. The molecule has 0 atom stereocenters. The van der Waals surface area contributed by atoms with Crippen LogP contribution in [0.1, 0.15) is 13.8 Å². The molecule has 0 bridgehead atoms. The number of halogens is 3. The van der Waals surface area contributed by atoms with Gasteiger partial charge in [-0.25, -0.2) is 0 Å². The zero-order valence-corrected chi connectivity index (χ0v) is 6.03. The number of hydrogen-bond acceptors (Lipinski definition) is 2. The van der Waals surface area contributed by atoms with Crippen LogP contribution in [-0.2, 0) is 9.59 Å². The van der Waals surface area contributed by atoms with E-state index in [0.717, 1.165) is 0 Å². The van der Waals surface area contributed by atoms with Gasteiger partial charge in [0.05, 0.1) is 0 Å². The fourth-order valence-electron chi connectivity index (χ4n) is 0. The summed E-state index contributed by atoms with van der Waals surface area (Å²) in [6.45, 7) is 3.06. The third-order valence-electron chi connectivity index (χ3n) is 0.279. The van der Waals surface area contributed by atoms with Gasteiger partial charge >= 0.3 is 12.1 Å². The predicted octanol–water partition coefficient (Wildman–Crippen LogP) is 0.629. The number of nitrogens with two attached hydrogens (primary N) is 1. The van der Waals surface area contributed by atoms with Gasteiger partial charge in [-0.1, -0.05) is 0 Å². The highest BCUT2D eigenvalue weighted by molar-refractivity contribution is 5.79. The number of amides is 1. The second-order valence-corrected chi connectivity index (χ2v) is 1.77. The van der Waals surface area contributed by atoms with Crippen molar-refractivity contribution in [2.45, 2.75) is 20.0 Å². The van der Waals surface area contributed by atoms with Gasteiger partial charge in [0.2, 0.25) is 0 Å². The number of carbonyl (C=O) groups is 2. The van der Waals surface area contributed by atoms with Crippen LogP contribution < -0.4 is 5.73 Å². The fourth-order valence-corrected chi connectivity index (χ4v) is 0. The van der Waals surface area contributed by atoms with E-state index in [2.05, 4.69) is 5.73 Å². The molecule has 0 aromatic rings. The summed E-state index contributed by atoms with van der Waals surface area (Å²) in [5, 5.41) is 0. The molecule has 66 valence electrons. The maximum absolute atomic E-state index is 10.7. The van der Waals surface area contributed by atoms with Crippen molar-refractivity contribution in [2.75, 3.05) is 0 Å². The lowest BCUT2D eigenvalue weighted by atomic mass is 10.6. The van der Waals surface area contributed by atoms with E-state index in [4.69, 9.17) is 4.79 Å². The van der Waals surface area contributed by atoms with E-state index in [0.29, 0.717) is 0 Å². The van der Waals surface area contributed by atoms with E-state index >= 15 is 0 Å². The lowest BCUT2D eigenvalue weighted by Gasteiger charge is -1.95. The lowest BCUT2D eigenvalue weighted by molar-refractivity contribution is -0.169. The average Bonchev–Trinajstić information content (AvgIpc) is 1.59. The molecule has 0 saturated carbocycles. The molecule has 0 aromatic carbocycles. The number of rotatable bonds is 0. The van der Waals surface area contributed by atoms with Crippen molar-refractivity contribution >= 4 is 11.7 Å². The summed E-state index contributed by atoms with van der Waals surface area (Å²) in [7, 11) is 0. The molecule has 0 spiro atoms. The Kier molecular flexibility index (Phi) is 5.38. The Labute approximate surface area is 61.4 Å². The molecule has 11 heavy (non-hydrogen) atoms. The number of ketones is 1.